The zero-order valence-corrected chi connectivity index (χ0v) is 8.44. The van der Waals surface area contributed by atoms with Gasteiger partial charge in [0.2, 0.25) is 0 Å². The second-order valence-corrected chi connectivity index (χ2v) is 1.14. The van der Waals surface area contributed by atoms with Gasteiger partial charge < -0.3 is 17.6 Å². The number of hydrogen-bond acceptors (Lipinski definition) is 2. The second kappa shape index (κ2) is 11.1. The Morgan fingerprint density at radius 1 is 1.25 bits per heavy atom. The molecule has 0 aliphatic heterocycles. The molecule has 0 unspecified atom stereocenters. The van der Waals surface area contributed by atoms with Crippen molar-refractivity contribution in [1.29, 1.82) is 0 Å². The maximum absolute atomic E-state index is 8.50. The quantitative estimate of drug-likeness (QED) is 0.312. The zero-order chi connectivity index (χ0) is 4.99. The van der Waals surface area contributed by atoms with Gasteiger partial charge in [-0.25, -0.2) is 0 Å². The third-order valence-corrected chi connectivity index (χ3v) is 0.730. The van der Waals surface area contributed by atoms with Gasteiger partial charge >= 0.3 is 29.6 Å². The third-order valence-electron chi connectivity index (χ3n) is 0.730. The molecule has 4 heteroatoms. The number of hydrogen-bond donors (Lipinski definition) is 1. The van der Waals surface area contributed by atoms with Crippen molar-refractivity contribution in [1.82, 2.24) is 5.06 Å². The van der Waals surface area contributed by atoms with Crippen molar-refractivity contribution >= 4 is 0 Å². The molecule has 0 aliphatic rings. The summed E-state index contributed by atoms with van der Waals surface area (Å²) in [6.45, 7) is 5.25. The average Bonchev–Trinajstić information content (AvgIpc) is 1.65. The van der Waals surface area contributed by atoms with Gasteiger partial charge in [0, 0.05) is 13.1 Å². The molecule has 0 fully saturated rings. The minimum atomic E-state index is 0. The largest absolute Gasteiger partial charge is 1.00 e. The molecule has 0 aromatic carbocycles. The Hall–Kier alpha value is 1.21. The molecular weight excluding hydrogens is 136 g/mol. The summed E-state index contributed by atoms with van der Waals surface area (Å²) in [6.07, 6.45) is 0. The van der Waals surface area contributed by atoms with Crippen LogP contribution in [0.25, 0.3) is 0 Å². The Balaban J connectivity index is -0.000000125. The number of halogens is 1. The van der Waals surface area contributed by atoms with Gasteiger partial charge in [0.1, 0.15) is 0 Å². The van der Waals surface area contributed by atoms with Crippen LogP contribution >= 0.6 is 0 Å². The predicted octanol–water partition coefficient (Wildman–Crippen LogP) is -5.27. The molecule has 0 aliphatic carbocycles. The second-order valence-electron chi connectivity index (χ2n) is 1.14. The normalized spacial score (nSPS) is 7.50. The molecule has 1 N–H and O–H groups in total. The maximum Gasteiger partial charge on any atom is 1.00 e. The monoisotopic (exact) mass is 147 g/mol. The van der Waals surface area contributed by atoms with Crippen molar-refractivity contribution in [2.45, 2.75) is 13.8 Å². The van der Waals surface area contributed by atoms with Crippen LogP contribution in [0.4, 0.5) is 0 Å². The van der Waals surface area contributed by atoms with Gasteiger partial charge in [0.05, 0.1) is 0 Å². The molecule has 0 amide bonds. The van der Waals surface area contributed by atoms with Gasteiger partial charge in [-0.05, 0) is 0 Å². The van der Waals surface area contributed by atoms with E-state index < -0.39 is 0 Å². The van der Waals surface area contributed by atoms with E-state index in [0.29, 0.717) is 0 Å². The van der Waals surface area contributed by atoms with Gasteiger partial charge in [-0.2, -0.15) is 5.06 Å². The van der Waals surface area contributed by atoms with E-state index in [4.69, 9.17) is 5.21 Å². The summed E-state index contributed by atoms with van der Waals surface area (Å²) in [6, 6.07) is 0. The average molecular weight is 148 g/mol. The van der Waals surface area contributed by atoms with Crippen LogP contribution in [0.15, 0.2) is 0 Å². The van der Waals surface area contributed by atoms with E-state index >= 15 is 0 Å². The molecule has 0 aromatic heterocycles. The minimum Gasteiger partial charge on any atom is -1.00 e. The number of hydroxylamine groups is 2. The van der Waals surface area contributed by atoms with E-state index in [1.807, 2.05) is 13.8 Å². The summed E-state index contributed by atoms with van der Waals surface area (Å²) in [5.74, 6) is 0. The molecule has 0 saturated heterocycles. The summed E-state index contributed by atoms with van der Waals surface area (Å²) >= 11 is 0. The van der Waals surface area contributed by atoms with E-state index in [0.717, 1.165) is 13.1 Å². The van der Waals surface area contributed by atoms with Gasteiger partial charge in [0.15, 0.2) is 0 Å². The number of nitrogens with zero attached hydrogens (tertiary/aromatic N) is 1. The van der Waals surface area contributed by atoms with E-state index in [-0.39, 0.29) is 42.0 Å². The standard InChI is InChI=1S/C4H11NO.ClH.Na/c1-3-5(6)4-2;;/h6H,3-4H2,1-2H3;1H;/q;;+1/p-1. The summed E-state index contributed by atoms with van der Waals surface area (Å²) in [5, 5.41) is 9.75. The molecule has 0 heterocycles. The fraction of sp³-hybridized carbons (Fsp3) is 1.00. The Bertz CT molecular complexity index is 35.2. The zero-order valence-electron chi connectivity index (χ0n) is 5.69. The first-order valence-corrected chi connectivity index (χ1v) is 2.25. The SMILES string of the molecule is CCN(O)CC.[Cl-].[Na+]. The van der Waals surface area contributed by atoms with Crippen LogP contribution in [-0.4, -0.2) is 23.4 Å². The fourth-order valence-electron chi connectivity index (χ4n) is 0.224. The van der Waals surface area contributed by atoms with Crippen LogP contribution in [0.3, 0.4) is 0 Å². The maximum atomic E-state index is 8.50. The molecule has 2 nitrogen and oxygen atoms in total. The summed E-state index contributed by atoms with van der Waals surface area (Å²) in [5.41, 5.74) is 0. The van der Waals surface area contributed by atoms with Crippen LogP contribution < -0.4 is 42.0 Å². The van der Waals surface area contributed by atoms with Crippen molar-refractivity contribution < 1.29 is 47.2 Å². The Kier molecular flexibility index (Phi) is 22.3. The molecule has 0 spiro atoms. The van der Waals surface area contributed by atoms with Crippen molar-refractivity contribution in [2.24, 2.45) is 0 Å². The molecule has 8 heavy (non-hydrogen) atoms. The molecule has 0 atom stereocenters. The van der Waals surface area contributed by atoms with Crippen LogP contribution in [-0.2, 0) is 0 Å². The minimum absolute atomic E-state index is 0. The van der Waals surface area contributed by atoms with Gasteiger partial charge in [-0.1, -0.05) is 13.8 Å². The summed E-state index contributed by atoms with van der Waals surface area (Å²) < 4.78 is 0. The van der Waals surface area contributed by atoms with Gasteiger partial charge in [-0.15, -0.1) is 0 Å². The van der Waals surface area contributed by atoms with Crippen molar-refractivity contribution in [3.8, 4) is 0 Å². The summed E-state index contributed by atoms with van der Waals surface area (Å²) in [7, 11) is 0. The van der Waals surface area contributed by atoms with Gasteiger partial charge in [-0.3, -0.25) is 0 Å². The molecule has 0 aromatic rings. The topological polar surface area (TPSA) is 23.5 Å². The van der Waals surface area contributed by atoms with E-state index in [9.17, 15) is 0 Å². The molecule has 0 saturated carbocycles. The van der Waals surface area contributed by atoms with E-state index in [1.165, 1.54) is 5.06 Å². The molecule has 0 rings (SSSR count). The number of rotatable bonds is 2. The van der Waals surface area contributed by atoms with Crippen molar-refractivity contribution in [2.75, 3.05) is 13.1 Å². The predicted molar refractivity (Wildman–Crippen MR) is 24.7 cm³/mol. The fourth-order valence-corrected chi connectivity index (χ4v) is 0.224. The van der Waals surface area contributed by atoms with Crippen LogP contribution in [0.1, 0.15) is 13.8 Å². The van der Waals surface area contributed by atoms with Crippen molar-refractivity contribution in [3.63, 3.8) is 0 Å². The molecular formula is C4H11ClNNaO. The first-order chi connectivity index (χ1) is 2.81. The summed E-state index contributed by atoms with van der Waals surface area (Å²) in [4.78, 5) is 0. The van der Waals surface area contributed by atoms with Gasteiger partial charge in [0.25, 0.3) is 0 Å². The Labute approximate surface area is 78.9 Å². The van der Waals surface area contributed by atoms with E-state index in [1.54, 1.807) is 0 Å². The Morgan fingerprint density at radius 2 is 1.50 bits per heavy atom. The first kappa shape index (κ1) is 16.1. The van der Waals surface area contributed by atoms with Crippen LogP contribution in [0.5, 0.6) is 0 Å². The van der Waals surface area contributed by atoms with E-state index in [2.05, 4.69) is 0 Å². The Morgan fingerprint density at radius 3 is 1.50 bits per heavy atom. The molecule has 46 valence electrons. The third kappa shape index (κ3) is 10.2. The first-order valence-electron chi connectivity index (χ1n) is 2.25. The van der Waals surface area contributed by atoms with Crippen molar-refractivity contribution in [3.05, 3.63) is 0 Å². The van der Waals surface area contributed by atoms with Crippen LogP contribution in [0, 0.1) is 0 Å². The smallest absolute Gasteiger partial charge is 1.00 e. The molecule has 0 radical (unpaired) electrons. The molecule has 0 bridgehead atoms. The van der Waals surface area contributed by atoms with Crippen LogP contribution in [0.2, 0.25) is 0 Å².